The van der Waals surface area contributed by atoms with Crippen molar-refractivity contribution in [1.29, 1.82) is 0 Å². The van der Waals surface area contributed by atoms with Crippen molar-refractivity contribution in [3.8, 4) is 0 Å². The van der Waals surface area contributed by atoms with Gasteiger partial charge in [0.25, 0.3) is 0 Å². The molecule has 3 heteroatoms. The highest BCUT2D eigenvalue weighted by atomic mass is 16.5. The van der Waals surface area contributed by atoms with E-state index in [1.807, 2.05) is 0 Å². The molecule has 1 aliphatic heterocycles. The van der Waals surface area contributed by atoms with E-state index in [1.54, 1.807) is 0 Å². The van der Waals surface area contributed by atoms with E-state index in [-0.39, 0.29) is 6.10 Å². The van der Waals surface area contributed by atoms with Gasteiger partial charge in [0.1, 0.15) is 0 Å². The van der Waals surface area contributed by atoms with Crippen LogP contribution in [0.25, 0.3) is 0 Å². The molecule has 2 aliphatic rings. The third-order valence-corrected chi connectivity index (χ3v) is 3.00. The van der Waals surface area contributed by atoms with Crippen LogP contribution in [0.5, 0.6) is 0 Å². The first kappa shape index (κ1) is 9.44. The molecule has 3 nitrogen and oxygen atoms in total. The molecular weight excluding hydrogens is 166 g/mol. The molecule has 0 bridgehead atoms. The van der Waals surface area contributed by atoms with Gasteiger partial charge in [-0.3, -0.25) is 0 Å². The summed E-state index contributed by atoms with van der Waals surface area (Å²) in [5.74, 6) is 0.458. The van der Waals surface area contributed by atoms with Crippen molar-refractivity contribution in [2.75, 3.05) is 19.8 Å². The summed E-state index contributed by atoms with van der Waals surface area (Å²) < 4.78 is 5.26. The number of rotatable bonds is 4. The summed E-state index contributed by atoms with van der Waals surface area (Å²) in [6, 6.07) is 0.703. The van der Waals surface area contributed by atoms with Gasteiger partial charge in [-0.15, -0.1) is 0 Å². The van der Waals surface area contributed by atoms with Gasteiger partial charge in [0, 0.05) is 25.8 Å². The first-order valence-corrected chi connectivity index (χ1v) is 5.35. The average molecular weight is 185 g/mol. The highest BCUT2D eigenvalue weighted by Crippen LogP contribution is 2.21. The largest absolute Gasteiger partial charge is 0.392 e. The number of aliphatic hydroxyl groups excluding tert-OH is 1. The molecule has 2 rings (SSSR count). The van der Waals surface area contributed by atoms with Crippen LogP contribution >= 0.6 is 0 Å². The summed E-state index contributed by atoms with van der Waals surface area (Å²) in [6.45, 7) is 2.42. The predicted molar refractivity (Wildman–Crippen MR) is 50.6 cm³/mol. The topological polar surface area (TPSA) is 41.5 Å². The Bertz CT molecular complexity index is 153. The van der Waals surface area contributed by atoms with E-state index >= 15 is 0 Å². The van der Waals surface area contributed by atoms with Crippen LogP contribution in [0.2, 0.25) is 0 Å². The molecule has 76 valence electrons. The number of hydrogen-bond acceptors (Lipinski definition) is 3. The Hall–Kier alpha value is -0.120. The molecule has 0 aromatic rings. The number of aliphatic hydroxyl groups is 1. The van der Waals surface area contributed by atoms with Crippen molar-refractivity contribution >= 4 is 0 Å². The normalized spacial score (nSPS) is 27.5. The van der Waals surface area contributed by atoms with E-state index in [0.29, 0.717) is 12.0 Å². The Balaban J connectivity index is 1.64. The Morgan fingerprint density at radius 3 is 2.54 bits per heavy atom. The molecule has 1 saturated heterocycles. The minimum atomic E-state index is -0.163. The van der Waals surface area contributed by atoms with Crippen molar-refractivity contribution in [1.82, 2.24) is 5.32 Å². The fourth-order valence-electron chi connectivity index (χ4n) is 1.84. The molecule has 0 aromatic heterocycles. The zero-order valence-corrected chi connectivity index (χ0v) is 8.04. The van der Waals surface area contributed by atoms with Crippen LogP contribution in [0.15, 0.2) is 0 Å². The van der Waals surface area contributed by atoms with E-state index in [0.717, 1.165) is 32.6 Å². The van der Waals surface area contributed by atoms with Crippen LogP contribution in [-0.4, -0.2) is 37.0 Å². The molecule has 1 saturated carbocycles. The van der Waals surface area contributed by atoms with Gasteiger partial charge in [-0.05, 0) is 31.6 Å². The fraction of sp³-hybridized carbons (Fsp3) is 1.00. The third-order valence-electron chi connectivity index (χ3n) is 3.00. The smallest absolute Gasteiger partial charge is 0.0694 e. The van der Waals surface area contributed by atoms with Crippen molar-refractivity contribution < 1.29 is 9.84 Å². The lowest BCUT2D eigenvalue weighted by atomic mass is 9.94. The summed E-state index contributed by atoms with van der Waals surface area (Å²) in [6.07, 6.45) is 4.46. The van der Waals surface area contributed by atoms with E-state index in [4.69, 9.17) is 4.74 Å². The van der Waals surface area contributed by atoms with Gasteiger partial charge in [-0.25, -0.2) is 0 Å². The maximum atomic E-state index is 9.83. The van der Waals surface area contributed by atoms with Gasteiger partial charge < -0.3 is 15.2 Å². The lowest BCUT2D eigenvalue weighted by molar-refractivity contribution is 0.00845. The second-order valence-corrected chi connectivity index (χ2v) is 4.20. The molecule has 1 unspecified atom stereocenters. The van der Waals surface area contributed by atoms with Gasteiger partial charge in [0.2, 0.25) is 0 Å². The van der Waals surface area contributed by atoms with Crippen LogP contribution in [0.1, 0.15) is 25.7 Å². The fourth-order valence-corrected chi connectivity index (χ4v) is 1.84. The maximum absolute atomic E-state index is 9.83. The van der Waals surface area contributed by atoms with E-state index in [1.165, 1.54) is 12.8 Å². The monoisotopic (exact) mass is 185 g/mol. The van der Waals surface area contributed by atoms with Gasteiger partial charge in [0.05, 0.1) is 6.10 Å². The standard InChI is InChI=1S/C10H19NO2/c12-10(7-11-9-1-2-9)8-3-5-13-6-4-8/h8-12H,1-7H2. The Kier molecular flexibility index (Phi) is 3.19. The molecular formula is C10H19NO2. The molecule has 0 spiro atoms. The molecule has 0 radical (unpaired) electrons. The summed E-state index contributed by atoms with van der Waals surface area (Å²) in [4.78, 5) is 0. The Labute approximate surface area is 79.5 Å². The summed E-state index contributed by atoms with van der Waals surface area (Å²) in [5, 5.41) is 13.2. The number of hydrogen-bond donors (Lipinski definition) is 2. The first-order valence-electron chi connectivity index (χ1n) is 5.35. The Morgan fingerprint density at radius 1 is 1.23 bits per heavy atom. The minimum absolute atomic E-state index is 0.163. The highest BCUT2D eigenvalue weighted by Gasteiger charge is 2.25. The van der Waals surface area contributed by atoms with Crippen molar-refractivity contribution in [2.24, 2.45) is 5.92 Å². The molecule has 1 heterocycles. The van der Waals surface area contributed by atoms with Crippen molar-refractivity contribution in [3.63, 3.8) is 0 Å². The van der Waals surface area contributed by atoms with E-state index in [9.17, 15) is 5.11 Å². The summed E-state index contributed by atoms with van der Waals surface area (Å²) in [5.41, 5.74) is 0. The van der Waals surface area contributed by atoms with Crippen LogP contribution in [0.3, 0.4) is 0 Å². The lowest BCUT2D eigenvalue weighted by Gasteiger charge is -2.26. The molecule has 13 heavy (non-hydrogen) atoms. The third kappa shape index (κ3) is 2.93. The second kappa shape index (κ2) is 4.40. The molecule has 1 atom stereocenters. The Morgan fingerprint density at radius 2 is 1.92 bits per heavy atom. The number of ether oxygens (including phenoxy) is 1. The van der Waals surface area contributed by atoms with Gasteiger partial charge in [-0.1, -0.05) is 0 Å². The van der Waals surface area contributed by atoms with Gasteiger partial charge in [-0.2, -0.15) is 0 Å². The van der Waals surface area contributed by atoms with Crippen LogP contribution in [0.4, 0.5) is 0 Å². The molecule has 0 aromatic carbocycles. The quantitative estimate of drug-likeness (QED) is 0.671. The SMILES string of the molecule is OC(CNC1CC1)C1CCOCC1. The van der Waals surface area contributed by atoms with Gasteiger partial charge in [0.15, 0.2) is 0 Å². The molecule has 2 fully saturated rings. The minimum Gasteiger partial charge on any atom is -0.392 e. The predicted octanol–water partition coefficient (Wildman–Crippen LogP) is 0.526. The lowest BCUT2D eigenvalue weighted by Crippen LogP contribution is -2.36. The zero-order chi connectivity index (χ0) is 9.10. The van der Waals surface area contributed by atoms with E-state index in [2.05, 4.69) is 5.32 Å². The van der Waals surface area contributed by atoms with Crippen molar-refractivity contribution in [2.45, 2.75) is 37.8 Å². The molecule has 1 aliphatic carbocycles. The first-order chi connectivity index (χ1) is 6.36. The maximum Gasteiger partial charge on any atom is 0.0694 e. The van der Waals surface area contributed by atoms with Crippen LogP contribution in [-0.2, 0) is 4.74 Å². The summed E-state index contributed by atoms with van der Waals surface area (Å²) in [7, 11) is 0. The van der Waals surface area contributed by atoms with Crippen LogP contribution in [0, 0.1) is 5.92 Å². The van der Waals surface area contributed by atoms with Crippen LogP contribution < -0.4 is 5.32 Å². The molecule has 0 amide bonds. The zero-order valence-electron chi connectivity index (χ0n) is 8.04. The highest BCUT2D eigenvalue weighted by molar-refractivity contribution is 4.83. The summed E-state index contributed by atoms with van der Waals surface area (Å²) >= 11 is 0. The molecule has 2 N–H and O–H groups in total. The van der Waals surface area contributed by atoms with Gasteiger partial charge >= 0.3 is 0 Å². The second-order valence-electron chi connectivity index (χ2n) is 4.20. The van der Waals surface area contributed by atoms with Crippen molar-refractivity contribution in [3.05, 3.63) is 0 Å². The average Bonchev–Trinajstić information content (AvgIpc) is 2.99. The van der Waals surface area contributed by atoms with E-state index < -0.39 is 0 Å². The number of nitrogens with one attached hydrogen (secondary N) is 1.